The van der Waals surface area contributed by atoms with Gasteiger partial charge in [-0.3, -0.25) is 4.79 Å². The van der Waals surface area contributed by atoms with E-state index in [4.69, 9.17) is 0 Å². The number of aliphatic hydroxyl groups is 1. The minimum absolute atomic E-state index is 0.0937. The number of hydrogen-bond acceptors (Lipinski definition) is 3. The van der Waals surface area contributed by atoms with Gasteiger partial charge in [0.1, 0.15) is 18.8 Å². The molecule has 0 saturated carbocycles. The fraction of sp³-hybridized carbons (Fsp3) is 0.333. The predicted molar refractivity (Wildman–Crippen MR) is 116 cm³/mol. The van der Waals surface area contributed by atoms with Gasteiger partial charge >= 0.3 is 0 Å². The highest BCUT2D eigenvalue weighted by Gasteiger charge is 2.36. The second kappa shape index (κ2) is 8.42. The van der Waals surface area contributed by atoms with Crippen LogP contribution < -0.4 is 4.90 Å². The van der Waals surface area contributed by atoms with Crippen molar-refractivity contribution in [3.63, 3.8) is 0 Å². The Labute approximate surface area is 167 Å². The summed E-state index contributed by atoms with van der Waals surface area (Å²) in [7, 11) is 0. The maximum absolute atomic E-state index is 12.8. The topological polar surface area (TPSA) is 43.5 Å². The molecular formula is C24H29N2O2+. The molecule has 0 atom stereocenters. The van der Waals surface area contributed by atoms with E-state index in [0.29, 0.717) is 11.1 Å². The molecule has 2 aliphatic rings. The minimum Gasteiger partial charge on any atom is -0.506 e. The van der Waals surface area contributed by atoms with Gasteiger partial charge in [0, 0.05) is 30.9 Å². The lowest BCUT2D eigenvalue weighted by Gasteiger charge is -2.25. The third-order valence-electron chi connectivity index (χ3n) is 5.50. The molecule has 0 bridgehead atoms. The first-order chi connectivity index (χ1) is 13.5. The van der Waals surface area contributed by atoms with Crippen LogP contribution in [0.1, 0.15) is 33.3 Å². The summed E-state index contributed by atoms with van der Waals surface area (Å²) < 4.78 is 2.25. The van der Waals surface area contributed by atoms with Crippen molar-refractivity contribution in [1.82, 2.24) is 0 Å². The molecule has 1 aromatic rings. The van der Waals surface area contributed by atoms with Gasteiger partial charge in [0.2, 0.25) is 5.78 Å². The molecule has 0 saturated heterocycles. The van der Waals surface area contributed by atoms with Crippen LogP contribution in [0.5, 0.6) is 0 Å². The van der Waals surface area contributed by atoms with E-state index in [0.717, 1.165) is 48.7 Å². The zero-order valence-corrected chi connectivity index (χ0v) is 17.2. The van der Waals surface area contributed by atoms with Crippen LogP contribution in [0.25, 0.3) is 5.57 Å². The van der Waals surface area contributed by atoms with Crippen LogP contribution in [0.3, 0.4) is 0 Å². The molecule has 0 radical (unpaired) electrons. The molecule has 3 rings (SSSR count). The Morgan fingerprint density at radius 2 is 1.43 bits per heavy atom. The Bertz CT molecular complexity index is 900. The molecule has 0 heterocycles. The van der Waals surface area contributed by atoms with E-state index in [1.807, 2.05) is 48.6 Å². The lowest BCUT2D eigenvalue weighted by molar-refractivity contribution is -0.519. The molecule has 146 valence electrons. The minimum atomic E-state index is -0.0938. The first-order valence-electron chi connectivity index (χ1n) is 10.1. The number of nitrogens with zero attached hydrogens (tertiary/aromatic N) is 2. The van der Waals surface area contributed by atoms with E-state index >= 15 is 0 Å². The average Bonchev–Trinajstić information content (AvgIpc) is 2.72. The largest absolute Gasteiger partial charge is 0.506 e. The second-order valence-electron chi connectivity index (χ2n) is 6.87. The Balaban J connectivity index is 1.89. The summed E-state index contributed by atoms with van der Waals surface area (Å²) in [5.74, 6) is -0.000133. The fourth-order valence-electron chi connectivity index (χ4n) is 3.79. The van der Waals surface area contributed by atoms with Gasteiger partial charge in [-0.1, -0.05) is 12.1 Å². The number of aliphatic hydroxyl groups excluding tert-OH is 1. The van der Waals surface area contributed by atoms with Crippen LogP contribution in [-0.2, 0) is 4.79 Å². The number of hydrogen-bond donors (Lipinski definition) is 1. The van der Waals surface area contributed by atoms with Gasteiger partial charge in [-0.05, 0) is 63.1 Å². The lowest BCUT2D eigenvalue weighted by atomic mass is 9.80. The average molecular weight is 378 g/mol. The van der Waals surface area contributed by atoms with E-state index < -0.39 is 0 Å². The van der Waals surface area contributed by atoms with Crippen molar-refractivity contribution in [2.24, 2.45) is 0 Å². The van der Waals surface area contributed by atoms with Crippen LogP contribution in [-0.4, -0.2) is 47.4 Å². The zero-order chi connectivity index (χ0) is 20.3. The van der Waals surface area contributed by atoms with Gasteiger partial charge in [-0.25, -0.2) is 4.58 Å². The number of anilines is 1. The molecule has 4 heteroatoms. The monoisotopic (exact) mass is 377 g/mol. The first-order valence-corrected chi connectivity index (χ1v) is 10.1. The number of allylic oxidation sites excluding steroid dienone is 7. The molecular weight excluding hydrogens is 348 g/mol. The summed E-state index contributed by atoms with van der Waals surface area (Å²) in [6.45, 7) is 12.2. The normalized spacial score (nSPS) is 16.0. The lowest BCUT2D eigenvalue weighted by Crippen LogP contribution is -2.24. The highest BCUT2D eigenvalue weighted by atomic mass is 16.3. The van der Waals surface area contributed by atoms with Crippen molar-refractivity contribution >= 4 is 22.8 Å². The third-order valence-corrected chi connectivity index (χ3v) is 5.50. The molecule has 0 spiro atoms. The summed E-state index contributed by atoms with van der Waals surface area (Å²) >= 11 is 0. The van der Waals surface area contributed by atoms with Gasteiger partial charge in [0.05, 0.1) is 11.1 Å². The molecule has 4 nitrogen and oxygen atoms in total. The van der Waals surface area contributed by atoms with Crippen molar-refractivity contribution in [3.8, 4) is 0 Å². The quantitative estimate of drug-likeness (QED) is 0.594. The highest BCUT2D eigenvalue weighted by Crippen LogP contribution is 2.39. The van der Waals surface area contributed by atoms with Gasteiger partial charge in [-0.2, -0.15) is 0 Å². The van der Waals surface area contributed by atoms with Crippen molar-refractivity contribution < 1.29 is 14.5 Å². The van der Waals surface area contributed by atoms with Crippen LogP contribution in [0.4, 0.5) is 5.69 Å². The molecule has 28 heavy (non-hydrogen) atoms. The summed E-state index contributed by atoms with van der Waals surface area (Å²) in [5, 5.41) is 10.6. The van der Waals surface area contributed by atoms with Gasteiger partial charge in [0.25, 0.3) is 0 Å². The molecule has 0 amide bonds. The Hall–Kier alpha value is -2.88. The number of carbonyl (C=O) groups is 1. The maximum Gasteiger partial charge on any atom is 0.201 e. The Morgan fingerprint density at radius 3 is 1.89 bits per heavy atom. The molecule has 0 fully saturated rings. The number of rotatable bonds is 6. The van der Waals surface area contributed by atoms with Crippen molar-refractivity contribution in [2.75, 3.05) is 31.1 Å². The van der Waals surface area contributed by atoms with Crippen LogP contribution in [0, 0.1) is 0 Å². The standard InChI is InChI=1S/C24H28N2O2/c1-5-25(6-2)19-13-9-17(10-14-19)21-23(27)22(24(21)28)18-11-15-20(16-12-18)26(7-3)8-4/h9-16H,5-8H2,1-4H3/p+1. The van der Waals surface area contributed by atoms with E-state index in [-0.39, 0.29) is 11.5 Å². The summed E-state index contributed by atoms with van der Waals surface area (Å²) in [5.41, 5.74) is 4.60. The van der Waals surface area contributed by atoms with E-state index in [2.05, 4.69) is 37.2 Å². The van der Waals surface area contributed by atoms with Crippen LogP contribution >= 0.6 is 0 Å². The smallest absolute Gasteiger partial charge is 0.201 e. The van der Waals surface area contributed by atoms with Gasteiger partial charge in [-0.15, -0.1) is 0 Å². The molecule has 0 aromatic heterocycles. The SMILES string of the molecule is CCN(CC)c1ccc(C2=C(O)C(=C3C=CC(=[N+](CC)CC)C=C3)C2=O)cc1. The third kappa shape index (κ3) is 3.47. The van der Waals surface area contributed by atoms with E-state index in [1.165, 1.54) is 0 Å². The summed E-state index contributed by atoms with van der Waals surface area (Å²) in [6.07, 6.45) is 7.84. The number of Topliss-reactive ketones (excluding diaryl/α,β-unsaturated/α-hetero) is 1. The Morgan fingerprint density at radius 1 is 0.857 bits per heavy atom. The molecule has 1 aromatic carbocycles. The summed E-state index contributed by atoms with van der Waals surface area (Å²) in [4.78, 5) is 15.0. The second-order valence-corrected chi connectivity index (χ2v) is 6.87. The van der Waals surface area contributed by atoms with Crippen molar-refractivity contribution in [2.45, 2.75) is 27.7 Å². The number of benzene rings is 1. The van der Waals surface area contributed by atoms with E-state index in [9.17, 15) is 9.90 Å². The highest BCUT2D eigenvalue weighted by molar-refractivity contribution is 6.39. The number of ketones is 1. The van der Waals surface area contributed by atoms with E-state index in [1.54, 1.807) is 0 Å². The zero-order valence-electron chi connectivity index (χ0n) is 17.2. The van der Waals surface area contributed by atoms with Gasteiger partial charge < -0.3 is 10.0 Å². The van der Waals surface area contributed by atoms with Crippen molar-refractivity contribution in [3.05, 3.63) is 71.0 Å². The van der Waals surface area contributed by atoms with Crippen LogP contribution in [0.2, 0.25) is 0 Å². The summed E-state index contributed by atoms with van der Waals surface area (Å²) in [6, 6.07) is 7.84. The first kappa shape index (κ1) is 19.9. The van der Waals surface area contributed by atoms with Crippen molar-refractivity contribution in [1.29, 1.82) is 0 Å². The fourth-order valence-corrected chi connectivity index (χ4v) is 3.79. The van der Waals surface area contributed by atoms with Crippen LogP contribution in [0.15, 0.2) is 65.5 Å². The number of carbonyl (C=O) groups excluding carboxylic acids is 1. The molecule has 0 aliphatic heterocycles. The molecule has 0 unspecified atom stereocenters. The Kier molecular flexibility index (Phi) is 5.98. The molecule has 2 aliphatic carbocycles. The van der Waals surface area contributed by atoms with Gasteiger partial charge in [0.15, 0.2) is 5.71 Å². The predicted octanol–water partition coefficient (Wildman–Crippen LogP) is 4.30. The molecule has 1 N–H and O–H groups in total. The maximum atomic E-state index is 12.8.